The molecule has 1 aromatic carbocycles. The van der Waals surface area contributed by atoms with Crippen LogP contribution in [-0.2, 0) is 0 Å². The number of methoxy groups -OCH3 is 1. The maximum absolute atomic E-state index is 11.7. The molecule has 2 aromatic heterocycles. The van der Waals surface area contributed by atoms with Gasteiger partial charge >= 0.3 is 6.09 Å². The Morgan fingerprint density at radius 3 is 2.66 bits per heavy atom. The maximum atomic E-state index is 11.7. The standard InChI is InChI=1S/C23H27ClN4O4/c1-23(2,3)20-13-26(7-8-28(20)22(30)31)14-5-6-27-12-17(25-21(27)9-14)15-10-16(24)19(32-4)11-18(15)29/h5-6,9-12,20,29H,7-8,13H2,1-4H3,(H,30,31). The number of piperazine rings is 1. The van der Waals surface area contributed by atoms with E-state index in [4.69, 9.17) is 16.3 Å². The highest BCUT2D eigenvalue weighted by Crippen LogP contribution is 2.38. The number of rotatable bonds is 3. The summed E-state index contributed by atoms with van der Waals surface area (Å²) >= 11 is 6.24. The lowest BCUT2D eigenvalue weighted by molar-refractivity contribution is 0.0748. The van der Waals surface area contributed by atoms with E-state index in [1.807, 2.05) is 28.9 Å². The number of amides is 1. The fourth-order valence-corrected chi connectivity index (χ4v) is 4.43. The van der Waals surface area contributed by atoms with E-state index in [0.717, 1.165) is 11.3 Å². The number of aromatic nitrogens is 2. The number of fused-ring (bicyclic) bond motifs is 1. The van der Waals surface area contributed by atoms with Gasteiger partial charge in [-0.2, -0.15) is 0 Å². The molecule has 1 amide bonds. The van der Waals surface area contributed by atoms with Crippen LogP contribution in [0.15, 0.2) is 36.7 Å². The Morgan fingerprint density at radius 2 is 2.00 bits per heavy atom. The molecule has 9 heteroatoms. The molecule has 0 radical (unpaired) electrons. The number of carbonyl (C=O) groups is 1. The molecule has 0 bridgehead atoms. The number of imidazole rings is 1. The van der Waals surface area contributed by atoms with Crippen LogP contribution >= 0.6 is 11.6 Å². The third-order valence-electron chi connectivity index (χ3n) is 5.98. The first-order valence-corrected chi connectivity index (χ1v) is 10.8. The Morgan fingerprint density at radius 1 is 1.25 bits per heavy atom. The minimum atomic E-state index is -0.879. The van der Waals surface area contributed by atoms with Crippen LogP contribution in [0.5, 0.6) is 11.5 Å². The molecule has 8 nitrogen and oxygen atoms in total. The van der Waals surface area contributed by atoms with Gasteiger partial charge in [-0.1, -0.05) is 32.4 Å². The van der Waals surface area contributed by atoms with Gasteiger partial charge in [0.15, 0.2) is 0 Å². The van der Waals surface area contributed by atoms with Gasteiger partial charge in [-0.05, 0) is 17.5 Å². The van der Waals surface area contributed by atoms with Gasteiger partial charge in [0.25, 0.3) is 0 Å². The number of hydrogen-bond acceptors (Lipinski definition) is 5. The van der Waals surface area contributed by atoms with Crippen molar-refractivity contribution in [3.05, 3.63) is 41.7 Å². The van der Waals surface area contributed by atoms with Crippen LogP contribution in [0.3, 0.4) is 0 Å². The molecule has 3 heterocycles. The van der Waals surface area contributed by atoms with Gasteiger partial charge < -0.3 is 29.2 Å². The first-order valence-electron chi connectivity index (χ1n) is 10.4. The molecule has 1 atom stereocenters. The minimum absolute atomic E-state index is 0.0349. The van der Waals surface area contributed by atoms with Gasteiger partial charge in [0.05, 0.1) is 23.9 Å². The van der Waals surface area contributed by atoms with E-state index in [2.05, 4.69) is 30.7 Å². The number of anilines is 1. The van der Waals surface area contributed by atoms with Crippen molar-refractivity contribution in [2.75, 3.05) is 31.6 Å². The van der Waals surface area contributed by atoms with E-state index in [1.54, 1.807) is 11.0 Å². The number of aromatic hydroxyl groups is 1. The summed E-state index contributed by atoms with van der Waals surface area (Å²) in [7, 11) is 1.49. The summed E-state index contributed by atoms with van der Waals surface area (Å²) in [5.41, 5.74) is 2.62. The van der Waals surface area contributed by atoms with Gasteiger partial charge in [-0.25, -0.2) is 9.78 Å². The van der Waals surface area contributed by atoms with Crippen molar-refractivity contribution >= 4 is 29.0 Å². The predicted molar refractivity (Wildman–Crippen MR) is 124 cm³/mol. The quantitative estimate of drug-likeness (QED) is 0.596. The van der Waals surface area contributed by atoms with Crippen molar-refractivity contribution < 1.29 is 19.7 Å². The molecule has 1 aliphatic heterocycles. The summed E-state index contributed by atoms with van der Waals surface area (Å²) in [5, 5.41) is 20.4. The second kappa shape index (κ2) is 8.09. The Labute approximate surface area is 191 Å². The monoisotopic (exact) mass is 458 g/mol. The second-order valence-corrected chi connectivity index (χ2v) is 9.49. The Hall–Kier alpha value is -3.13. The number of halogens is 1. The van der Waals surface area contributed by atoms with Crippen LogP contribution in [0.4, 0.5) is 10.5 Å². The smallest absolute Gasteiger partial charge is 0.407 e. The maximum Gasteiger partial charge on any atom is 0.407 e. The van der Waals surface area contributed by atoms with Crippen molar-refractivity contribution in [1.82, 2.24) is 14.3 Å². The van der Waals surface area contributed by atoms with E-state index >= 15 is 0 Å². The molecule has 3 aromatic rings. The molecule has 0 spiro atoms. The zero-order chi connectivity index (χ0) is 23.2. The molecule has 0 aliphatic carbocycles. The van der Waals surface area contributed by atoms with Crippen LogP contribution in [0.2, 0.25) is 5.02 Å². The van der Waals surface area contributed by atoms with Gasteiger partial charge in [-0.15, -0.1) is 0 Å². The molecule has 170 valence electrons. The number of carboxylic acid groups (broad SMARTS) is 1. The highest BCUT2D eigenvalue weighted by molar-refractivity contribution is 6.32. The SMILES string of the molecule is COc1cc(O)c(-c2cn3ccc(N4CCN(C(=O)O)C(C(C)(C)C)C4)cc3n2)cc1Cl. The lowest BCUT2D eigenvalue weighted by atomic mass is 9.84. The summed E-state index contributed by atoms with van der Waals surface area (Å²) < 4.78 is 7.03. The zero-order valence-electron chi connectivity index (χ0n) is 18.5. The number of pyridine rings is 1. The van der Waals surface area contributed by atoms with Gasteiger partial charge in [0.1, 0.15) is 17.1 Å². The Balaban J connectivity index is 1.65. The van der Waals surface area contributed by atoms with Crippen LogP contribution in [0, 0.1) is 5.41 Å². The van der Waals surface area contributed by atoms with Gasteiger partial charge in [-0.3, -0.25) is 0 Å². The molecular formula is C23H27ClN4O4. The molecule has 1 unspecified atom stereocenters. The lowest BCUT2D eigenvalue weighted by Crippen LogP contribution is -2.59. The van der Waals surface area contributed by atoms with Crippen LogP contribution in [0.1, 0.15) is 20.8 Å². The topological polar surface area (TPSA) is 90.5 Å². The summed E-state index contributed by atoms with van der Waals surface area (Å²) in [5.74, 6) is 0.431. The Kier molecular flexibility index (Phi) is 5.58. The normalized spacial score (nSPS) is 17.1. The largest absolute Gasteiger partial charge is 0.507 e. The highest BCUT2D eigenvalue weighted by atomic mass is 35.5. The zero-order valence-corrected chi connectivity index (χ0v) is 19.3. The van der Waals surface area contributed by atoms with Gasteiger partial charge in [0, 0.05) is 55.4 Å². The van der Waals surface area contributed by atoms with Crippen molar-refractivity contribution in [2.45, 2.75) is 26.8 Å². The summed E-state index contributed by atoms with van der Waals surface area (Å²) in [4.78, 5) is 20.1. The van der Waals surface area contributed by atoms with Crippen LogP contribution < -0.4 is 9.64 Å². The number of ether oxygens (including phenoxy) is 1. The third kappa shape index (κ3) is 4.02. The molecule has 1 saturated heterocycles. The van der Waals surface area contributed by atoms with E-state index < -0.39 is 6.09 Å². The van der Waals surface area contributed by atoms with Crippen molar-refractivity contribution in [2.24, 2.45) is 5.41 Å². The number of benzene rings is 1. The molecule has 0 saturated carbocycles. The van der Waals surface area contributed by atoms with E-state index in [-0.39, 0.29) is 17.2 Å². The second-order valence-electron chi connectivity index (χ2n) is 9.08. The van der Waals surface area contributed by atoms with Crippen LogP contribution in [0.25, 0.3) is 16.9 Å². The average molecular weight is 459 g/mol. The van der Waals surface area contributed by atoms with Gasteiger partial charge in [0.2, 0.25) is 0 Å². The summed E-state index contributed by atoms with van der Waals surface area (Å²) in [6.45, 7) is 7.85. The minimum Gasteiger partial charge on any atom is -0.507 e. The first-order chi connectivity index (χ1) is 15.1. The number of nitrogens with zero attached hydrogens (tertiary/aromatic N) is 4. The van der Waals surface area contributed by atoms with Crippen molar-refractivity contribution in [1.29, 1.82) is 0 Å². The average Bonchev–Trinajstić information content (AvgIpc) is 3.17. The molecular weight excluding hydrogens is 432 g/mol. The third-order valence-corrected chi connectivity index (χ3v) is 6.28. The van der Waals surface area contributed by atoms with Crippen molar-refractivity contribution in [3.8, 4) is 22.8 Å². The van der Waals surface area contributed by atoms with E-state index in [1.165, 1.54) is 13.2 Å². The highest BCUT2D eigenvalue weighted by Gasteiger charge is 2.38. The summed E-state index contributed by atoms with van der Waals surface area (Å²) in [6.07, 6.45) is 2.87. The molecule has 1 aliphatic rings. The molecule has 2 N–H and O–H groups in total. The summed E-state index contributed by atoms with van der Waals surface area (Å²) in [6, 6.07) is 6.95. The molecule has 4 rings (SSSR count). The van der Waals surface area contributed by atoms with Crippen LogP contribution in [-0.4, -0.2) is 63.4 Å². The van der Waals surface area contributed by atoms with E-state index in [0.29, 0.717) is 41.7 Å². The van der Waals surface area contributed by atoms with E-state index in [9.17, 15) is 15.0 Å². The lowest BCUT2D eigenvalue weighted by Gasteiger charge is -2.46. The number of phenols is 1. The fraction of sp³-hybridized carbons (Fsp3) is 0.391. The number of hydrogen-bond donors (Lipinski definition) is 2. The molecule has 32 heavy (non-hydrogen) atoms. The molecule has 1 fully saturated rings. The fourth-order valence-electron chi connectivity index (χ4n) is 4.19. The van der Waals surface area contributed by atoms with Crippen molar-refractivity contribution in [3.63, 3.8) is 0 Å². The first kappa shape index (κ1) is 22.1. The predicted octanol–water partition coefficient (Wildman–Crippen LogP) is 4.58. The number of phenolic OH excluding ortho intramolecular Hbond substituents is 1. The Bertz CT molecular complexity index is 1170.